The van der Waals surface area contributed by atoms with Gasteiger partial charge in [-0.1, -0.05) is 6.07 Å². The zero-order valence-electron chi connectivity index (χ0n) is 14.3. The molecule has 2 aromatic carbocycles. The van der Waals surface area contributed by atoms with Crippen LogP contribution in [0, 0.1) is 0 Å². The Kier molecular flexibility index (Phi) is 5.09. The lowest BCUT2D eigenvalue weighted by atomic mass is 10.2. The molecule has 0 fully saturated rings. The number of hydrogen-bond acceptors (Lipinski definition) is 5. The Morgan fingerprint density at radius 1 is 0.852 bits per heavy atom. The average molecular weight is 384 g/mol. The number of anilines is 2. The molecule has 2 N–H and O–H groups in total. The van der Waals surface area contributed by atoms with Gasteiger partial charge in [-0.05, 0) is 54.6 Å². The molecule has 0 spiro atoms. The summed E-state index contributed by atoms with van der Waals surface area (Å²) < 4.78 is 28.2. The average Bonchev–Trinajstić information content (AvgIpc) is 3.16. The van der Waals surface area contributed by atoms with Crippen molar-refractivity contribution in [2.24, 2.45) is 0 Å². The molecule has 0 atom stereocenters. The molecule has 8 heteroatoms. The molecule has 3 aromatic rings. The van der Waals surface area contributed by atoms with Crippen LogP contribution in [-0.4, -0.2) is 26.5 Å². The molecule has 0 bridgehead atoms. The molecule has 1 aromatic heterocycles. The maximum Gasteiger partial charge on any atom is 0.291 e. The van der Waals surface area contributed by atoms with Gasteiger partial charge in [-0.2, -0.15) is 0 Å². The smallest absolute Gasteiger partial charge is 0.291 e. The normalized spacial score (nSPS) is 11.0. The number of sulfone groups is 1. The number of nitrogens with one attached hydrogen (secondary N) is 2. The van der Waals surface area contributed by atoms with Gasteiger partial charge in [0.05, 0.1) is 11.2 Å². The molecule has 2 amide bonds. The Morgan fingerprint density at radius 3 is 2.19 bits per heavy atom. The van der Waals surface area contributed by atoms with E-state index >= 15 is 0 Å². The van der Waals surface area contributed by atoms with Gasteiger partial charge in [0.2, 0.25) is 0 Å². The van der Waals surface area contributed by atoms with Crippen LogP contribution in [0.15, 0.2) is 76.2 Å². The van der Waals surface area contributed by atoms with E-state index < -0.39 is 21.7 Å². The Balaban J connectivity index is 1.68. The molecule has 0 radical (unpaired) electrons. The van der Waals surface area contributed by atoms with Crippen molar-refractivity contribution in [2.45, 2.75) is 4.90 Å². The minimum atomic E-state index is -3.36. The lowest BCUT2D eigenvalue weighted by Gasteiger charge is -2.08. The third kappa shape index (κ3) is 4.62. The second-order valence-electron chi connectivity index (χ2n) is 5.76. The summed E-state index contributed by atoms with van der Waals surface area (Å²) in [5.41, 5.74) is 1.24. The maximum atomic E-state index is 12.3. The number of amides is 2. The van der Waals surface area contributed by atoms with Crippen LogP contribution in [0.2, 0.25) is 0 Å². The van der Waals surface area contributed by atoms with Crippen molar-refractivity contribution in [3.05, 3.63) is 78.3 Å². The van der Waals surface area contributed by atoms with Gasteiger partial charge in [0.25, 0.3) is 11.8 Å². The molecule has 3 rings (SSSR count). The van der Waals surface area contributed by atoms with Crippen molar-refractivity contribution >= 4 is 33.0 Å². The van der Waals surface area contributed by atoms with Gasteiger partial charge in [-0.25, -0.2) is 8.42 Å². The van der Waals surface area contributed by atoms with Crippen LogP contribution >= 0.6 is 0 Å². The first kappa shape index (κ1) is 18.4. The van der Waals surface area contributed by atoms with E-state index in [1.807, 2.05) is 0 Å². The van der Waals surface area contributed by atoms with E-state index in [2.05, 4.69) is 10.6 Å². The summed E-state index contributed by atoms with van der Waals surface area (Å²) in [5, 5.41) is 5.30. The number of carbonyl (C=O) groups excluding carboxylic acids is 2. The monoisotopic (exact) mass is 384 g/mol. The Morgan fingerprint density at radius 2 is 1.56 bits per heavy atom. The topological polar surface area (TPSA) is 105 Å². The number of rotatable bonds is 5. The molecule has 0 aliphatic rings. The van der Waals surface area contributed by atoms with E-state index in [4.69, 9.17) is 4.42 Å². The van der Waals surface area contributed by atoms with Crippen LogP contribution in [0.25, 0.3) is 0 Å². The fourth-order valence-corrected chi connectivity index (χ4v) is 2.98. The largest absolute Gasteiger partial charge is 0.459 e. The lowest BCUT2D eigenvalue weighted by molar-refractivity contribution is 0.0995. The van der Waals surface area contributed by atoms with Gasteiger partial charge in [0, 0.05) is 23.2 Å². The van der Waals surface area contributed by atoms with Gasteiger partial charge < -0.3 is 15.1 Å². The van der Waals surface area contributed by atoms with Gasteiger partial charge in [-0.15, -0.1) is 0 Å². The van der Waals surface area contributed by atoms with Crippen LogP contribution in [0.1, 0.15) is 20.9 Å². The van der Waals surface area contributed by atoms with Gasteiger partial charge in [0.15, 0.2) is 15.6 Å². The molecule has 0 saturated carbocycles. The fraction of sp³-hybridized carbons (Fsp3) is 0.0526. The first-order valence-electron chi connectivity index (χ1n) is 7.89. The van der Waals surface area contributed by atoms with Crippen molar-refractivity contribution < 1.29 is 22.4 Å². The first-order valence-corrected chi connectivity index (χ1v) is 9.78. The zero-order valence-corrected chi connectivity index (χ0v) is 15.1. The second-order valence-corrected chi connectivity index (χ2v) is 7.78. The first-order chi connectivity index (χ1) is 12.8. The number of hydrogen-bond donors (Lipinski definition) is 2. The Labute approximate surface area is 155 Å². The Bertz CT molecular complexity index is 1070. The minimum absolute atomic E-state index is 0.122. The van der Waals surface area contributed by atoms with E-state index in [1.54, 1.807) is 48.5 Å². The van der Waals surface area contributed by atoms with Crippen LogP contribution in [-0.2, 0) is 9.84 Å². The Hall–Kier alpha value is -3.39. The van der Waals surface area contributed by atoms with E-state index in [-0.39, 0.29) is 10.7 Å². The molecule has 0 aliphatic carbocycles. The lowest BCUT2D eigenvalue weighted by Crippen LogP contribution is -2.13. The highest BCUT2D eigenvalue weighted by Crippen LogP contribution is 2.17. The molecule has 27 heavy (non-hydrogen) atoms. The van der Waals surface area contributed by atoms with Gasteiger partial charge in [0.1, 0.15) is 0 Å². The predicted octanol–water partition coefficient (Wildman–Crippen LogP) is 3.19. The highest BCUT2D eigenvalue weighted by Gasteiger charge is 2.12. The number of benzene rings is 2. The molecular weight excluding hydrogens is 368 g/mol. The summed E-state index contributed by atoms with van der Waals surface area (Å²) in [7, 11) is -3.36. The third-order valence-electron chi connectivity index (χ3n) is 3.67. The van der Waals surface area contributed by atoms with E-state index in [9.17, 15) is 18.0 Å². The molecule has 138 valence electrons. The SMILES string of the molecule is CS(=O)(=O)c1cccc(NC(=O)c2ccc(NC(=O)c3ccco3)cc2)c1. The van der Waals surface area contributed by atoms with E-state index in [0.717, 1.165) is 6.26 Å². The minimum Gasteiger partial charge on any atom is -0.459 e. The molecular formula is C19H16N2O5S. The van der Waals surface area contributed by atoms with E-state index in [1.165, 1.54) is 18.4 Å². The van der Waals surface area contributed by atoms with E-state index in [0.29, 0.717) is 16.9 Å². The van der Waals surface area contributed by atoms with Crippen LogP contribution in [0.4, 0.5) is 11.4 Å². The number of carbonyl (C=O) groups is 2. The summed E-state index contributed by atoms with van der Waals surface area (Å²) >= 11 is 0. The molecule has 0 unspecified atom stereocenters. The molecule has 1 heterocycles. The summed E-state index contributed by atoms with van der Waals surface area (Å²) in [6.45, 7) is 0. The standard InChI is InChI=1S/C19H16N2O5S/c1-27(24,25)16-5-2-4-15(12-16)21-18(22)13-7-9-14(10-8-13)20-19(23)17-6-3-11-26-17/h2-12H,1H3,(H,20,23)(H,21,22). The van der Waals surface area contributed by atoms with Crippen molar-refractivity contribution in [3.8, 4) is 0 Å². The van der Waals surface area contributed by atoms with Crippen LogP contribution < -0.4 is 10.6 Å². The summed E-state index contributed by atoms with van der Waals surface area (Å²) in [6, 6.07) is 15.4. The summed E-state index contributed by atoms with van der Waals surface area (Å²) in [5.74, 6) is -0.609. The molecule has 0 aliphatic heterocycles. The zero-order chi connectivity index (χ0) is 19.4. The molecule has 0 saturated heterocycles. The second kappa shape index (κ2) is 7.46. The van der Waals surface area contributed by atoms with Crippen LogP contribution in [0.5, 0.6) is 0 Å². The highest BCUT2D eigenvalue weighted by molar-refractivity contribution is 7.90. The number of furan rings is 1. The van der Waals surface area contributed by atoms with Gasteiger partial charge in [-0.3, -0.25) is 9.59 Å². The van der Waals surface area contributed by atoms with Crippen molar-refractivity contribution in [1.82, 2.24) is 0 Å². The molecule has 7 nitrogen and oxygen atoms in total. The van der Waals surface area contributed by atoms with Crippen molar-refractivity contribution in [2.75, 3.05) is 16.9 Å². The quantitative estimate of drug-likeness (QED) is 0.703. The summed E-state index contributed by atoms with van der Waals surface area (Å²) in [6.07, 6.45) is 2.50. The van der Waals surface area contributed by atoms with Crippen LogP contribution in [0.3, 0.4) is 0 Å². The van der Waals surface area contributed by atoms with Crippen molar-refractivity contribution in [1.29, 1.82) is 0 Å². The summed E-state index contributed by atoms with van der Waals surface area (Å²) in [4.78, 5) is 24.4. The maximum absolute atomic E-state index is 12.3. The predicted molar refractivity (Wildman–Crippen MR) is 101 cm³/mol. The highest BCUT2D eigenvalue weighted by atomic mass is 32.2. The fourth-order valence-electron chi connectivity index (χ4n) is 2.31. The van der Waals surface area contributed by atoms with Gasteiger partial charge >= 0.3 is 0 Å². The third-order valence-corrected chi connectivity index (χ3v) is 4.78. The van der Waals surface area contributed by atoms with Crippen molar-refractivity contribution in [3.63, 3.8) is 0 Å².